The van der Waals surface area contributed by atoms with Crippen molar-refractivity contribution in [3.05, 3.63) is 59.7 Å². The van der Waals surface area contributed by atoms with Crippen LogP contribution >= 0.6 is 0 Å². The predicted molar refractivity (Wildman–Crippen MR) is 259 cm³/mol. The van der Waals surface area contributed by atoms with Crippen LogP contribution in [-0.4, -0.2) is 199 Å². The first kappa shape index (κ1) is 60.1. The van der Waals surface area contributed by atoms with Crippen LogP contribution in [0.2, 0.25) is 0 Å². The van der Waals surface area contributed by atoms with E-state index < -0.39 is 158 Å². The first-order valence-electron chi connectivity index (χ1n) is 23.9. The number of aromatic hydroxyl groups is 2. The number of amides is 10. The summed E-state index contributed by atoms with van der Waals surface area (Å²) in [5, 5.41) is 74.2. The van der Waals surface area contributed by atoms with Gasteiger partial charge in [-0.1, -0.05) is 24.3 Å². The van der Waals surface area contributed by atoms with Crippen LogP contribution in [-0.2, 0) is 70.4 Å². The number of benzene rings is 2. The number of carbonyl (C=O) groups excluding carboxylic acids is 10. The van der Waals surface area contributed by atoms with Gasteiger partial charge in [0.25, 0.3) is 0 Å². The number of nitrogens with zero attached hydrogens (tertiary/aromatic N) is 2. The summed E-state index contributed by atoms with van der Waals surface area (Å²) in [5.74, 6) is -12.6. The van der Waals surface area contributed by atoms with Crippen molar-refractivity contribution in [1.29, 1.82) is 0 Å². The fraction of sp³-hybridized carbons (Fsp3) is 0.489. The van der Waals surface area contributed by atoms with Crippen molar-refractivity contribution in [3.63, 3.8) is 0 Å². The molecule has 29 heteroatoms. The van der Waals surface area contributed by atoms with Crippen LogP contribution in [0, 0.1) is 0 Å². The number of carboxylic acid groups (broad SMARTS) is 2. The largest absolute Gasteiger partial charge is 0.508 e. The van der Waals surface area contributed by atoms with E-state index in [0.717, 1.165) is 0 Å². The lowest BCUT2D eigenvalue weighted by Gasteiger charge is -2.31. The van der Waals surface area contributed by atoms with Crippen molar-refractivity contribution < 1.29 is 88.2 Å². The average Bonchev–Trinajstić information content (AvgIpc) is 4.09. The molecule has 76 heavy (non-hydrogen) atoms. The molecular formula is C47H63N11O18. The minimum Gasteiger partial charge on any atom is -0.508 e. The molecule has 29 nitrogen and oxygen atoms in total. The third-order valence-corrected chi connectivity index (χ3v) is 12.2. The third kappa shape index (κ3) is 18.2. The number of aliphatic hydroxyl groups is 2. The number of carbonyl (C=O) groups is 12. The Balaban J connectivity index is 1.42. The lowest BCUT2D eigenvalue weighted by atomic mass is 10.0. The highest BCUT2D eigenvalue weighted by Gasteiger charge is 2.42. The monoisotopic (exact) mass is 1070 g/mol. The van der Waals surface area contributed by atoms with E-state index in [4.69, 9.17) is 11.5 Å². The molecule has 0 radical (unpaired) electrons. The molecule has 0 bridgehead atoms. The number of aliphatic hydroxyl groups excluding tert-OH is 2. The summed E-state index contributed by atoms with van der Waals surface area (Å²) in [7, 11) is 0. The molecule has 2 aliphatic heterocycles. The summed E-state index contributed by atoms with van der Waals surface area (Å²) in [5.41, 5.74) is 11.5. The van der Waals surface area contributed by atoms with Crippen molar-refractivity contribution in [1.82, 2.24) is 47.0 Å². The number of hydrogen-bond acceptors (Lipinski definition) is 17. The molecule has 414 valence electrons. The van der Waals surface area contributed by atoms with Crippen molar-refractivity contribution in [2.24, 2.45) is 11.5 Å². The maximum Gasteiger partial charge on any atom is 0.328 e. The van der Waals surface area contributed by atoms with E-state index in [2.05, 4.69) is 31.9 Å². The van der Waals surface area contributed by atoms with Crippen molar-refractivity contribution in [3.8, 4) is 11.5 Å². The molecule has 4 rings (SSSR count). The Morgan fingerprint density at radius 1 is 0.579 bits per heavy atom. The Morgan fingerprint density at radius 3 is 1.55 bits per heavy atom. The van der Waals surface area contributed by atoms with Crippen molar-refractivity contribution >= 4 is 71.0 Å². The standard InChI is InChI=1S/C47H63N11O18/c48-28(13-14-36(49)63)40(68)51-21-38(65)57-15-2-4-35(57)46(74)58-16-1-3-34(58)45(73)50-20-37(64)52-32(22-59)44(72)54-29(17-24-5-9-26(61)10-6-24)41(69)55-31(19-39(66)67)43(71)53-30(18-25-7-11-27(62)12-8-25)42(70)56-33(23-60)47(75)76/h5-12,28-35,59-62H,1-4,13-23,48H2,(H2,49,63)(H,50,73)(H,51,68)(H,52,64)(H,53,71)(H,54,72)(H,55,69)(H,56,70)(H,66,67)(H,75,76)/t28-,29-,30-,31-,32-,33-,34-,35-/m0/s1. The zero-order valence-electron chi connectivity index (χ0n) is 41.0. The molecule has 8 atom stereocenters. The molecule has 2 saturated heterocycles. The summed E-state index contributed by atoms with van der Waals surface area (Å²) < 4.78 is 0. The number of nitrogens with two attached hydrogens (primary N) is 2. The Kier molecular flexibility index (Phi) is 22.8. The zero-order valence-corrected chi connectivity index (χ0v) is 41.0. The Morgan fingerprint density at radius 2 is 1.05 bits per heavy atom. The lowest BCUT2D eigenvalue weighted by Crippen LogP contribution is -2.60. The molecule has 2 aromatic carbocycles. The van der Waals surface area contributed by atoms with E-state index in [0.29, 0.717) is 24.0 Å². The number of phenols is 2. The van der Waals surface area contributed by atoms with Gasteiger partial charge in [0.05, 0.1) is 38.8 Å². The van der Waals surface area contributed by atoms with Gasteiger partial charge in [0, 0.05) is 32.4 Å². The molecule has 0 saturated carbocycles. The van der Waals surface area contributed by atoms with Gasteiger partial charge in [0.2, 0.25) is 59.1 Å². The van der Waals surface area contributed by atoms with Gasteiger partial charge in [-0.25, -0.2) is 4.79 Å². The van der Waals surface area contributed by atoms with E-state index in [1.165, 1.54) is 58.3 Å². The summed E-state index contributed by atoms with van der Waals surface area (Å²) in [6, 6.07) is -1.66. The zero-order chi connectivity index (χ0) is 56.2. The van der Waals surface area contributed by atoms with E-state index in [1.807, 2.05) is 5.32 Å². The van der Waals surface area contributed by atoms with Crippen LogP contribution in [0.1, 0.15) is 56.1 Å². The lowest BCUT2D eigenvalue weighted by molar-refractivity contribution is -0.146. The number of rotatable bonds is 28. The number of hydrogen-bond donors (Lipinski definition) is 15. The number of likely N-dealkylation sites (tertiary alicyclic amines) is 2. The van der Waals surface area contributed by atoms with Gasteiger partial charge in [0.15, 0.2) is 0 Å². The second kappa shape index (κ2) is 28.9. The number of phenolic OH excluding ortho intramolecular Hbond substituents is 2. The van der Waals surface area contributed by atoms with Gasteiger partial charge < -0.3 is 89.1 Å². The molecule has 2 aliphatic rings. The fourth-order valence-electron chi connectivity index (χ4n) is 8.18. The Labute approximate surface area is 433 Å². The first-order chi connectivity index (χ1) is 36.0. The topological polar surface area (TPSA) is 469 Å². The molecule has 0 aliphatic carbocycles. The molecule has 2 aromatic rings. The van der Waals surface area contributed by atoms with Crippen LogP contribution in [0.25, 0.3) is 0 Å². The smallest absolute Gasteiger partial charge is 0.328 e. The van der Waals surface area contributed by atoms with Gasteiger partial charge in [-0.3, -0.25) is 52.7 Å². The molecule has 2 heterocycles. The molecular weight excluding hydrogens is 1010 g/mol. The summed E-state index contributed by atoms with van der Waals surface area (Å²) >= 11 is 0. The van der Waals surface area contributed by atoms with Crippen LogP contribution < -0.4 is 48.7 Å². The highest BCUT2D eigenvalue weighted by atomic mass is 16.4. The summed E-state index contributed by atoms with van der Waals surface area (Å²) in [6.07, 6.45) is -0.773. The molecule has 17 N–H and O–H groups in total. The second-order valence-electron chi connectivity index (χ2n) is 17.9. The van der Waals surface area contributed by atoms with Gasteiger partial charge in [-0.15, -0.1) is 0 Å². The van der Waals surface area contributed by atoms with Crippen molar-refractivity contribution in [2.75, 3.05) is 39.4 Å². The minimum absolute atomic E-state index is 0.0409. The number of carboxylic acids is 2. The fourth-order valence-corrected chi connectivity index (χ4v) is 8.18. The van der Waals surface area contributed by atoms with Crippen molar-refractivity contribution in [2.45, 2.75) is 106 Å². The van der Waals surface area contributed by atoms with E-state index in [9.17, 15) is 88.2 Å². The quantitative estimate of drug-likeness (QED) is 0.0377. The molecule has 2 fully saturated rings. The number of aliphatic carboxylic acids is 2. The highest BCUT2D eigenvalue weighted by Crippen LogP contribution is 2.25. The maximum absolute atomic E-state index is 14.0. The SMILES string of the molecule is NC(=O)CC[C@H](N)C(=O)NCC(=O)N1CCC[C@H]1C(=O)N1CCC[C@H]1C(=O)NCC(=O)N[C@@H](CO)C(=O)N[C@@H](Cc1ccc(O)cc1)C(=O)N[C@@H](CC(=O)O)C(=O)N[C@@H](Cc1ccc(O)cc1)C(=O)N[C@@H](CO)C(=O)O. The van der Waals surface area contributed by atoms with Gasteiger partial charge in [0.1, 0.15) is 53.8 Å². The van der Waals surface area contributed by atoms with Gasteiger partial charge in [-0.05, 0) is 67.5 Å². The Bertz CT molecular complexity index is 2460. The molecule has 0 aromatic heterocycles. The van der Waals surface area contributed by atoms with Crippen LogP contribution in [0.15, 0.2) is 48.5 Å². The molecule has 10 amide bonds. The number of nitrogens with one attached hydrogen (secondary N) is 7. The predicted octanol–water partition coefficient (Wildman–Crippen LogP) is -6.34. The van der Waals surface area contributed by atoms with E-state index in [-0.39, 0.29) is 56.7 Å². The summed E-state index contributed by atoms with van der Waals surface area (Å²) in [4.78, 5) is 158. The summed E-state index contributed by atoms with van der Waals surface area (Å²) in [6.45, 7) is -3.06. The normalized spacial score (nSPS) is 17.3. The van der Waals surface area contributed by atoms with Crippen LogP contribution in [0.3, 0.4) is 0 Å². The first-order valence-corrected chi connectivity index (χ1v) is 23.9. The van der Waals surface area contributed by atoms with Gasteiger partial charge >= 0.3 is 11.9 Å². The van der Waals surface area contributed by atoms with Gasteiger partial charge in [-0.2, -0.15) is 0 Å². The maximum atomic E-state index is 14.0. The average molecular weight is 1070 g/mol. The second-order valence-corrected chi connectivity index (χ2v) is 17.9. The van der Waals surface area contributed by atoms with E-state index >= 15 is 0 Å². The minimum atomic E-state index is -1.98. The highest BCUT2D eigenvalue weighted by molar-refractivity contribution is 5.99. The molecule has 0 spiro atoms. The number of primary amides is 1. The Hall–Kier alpha value is -8.44. The van der Waals surface area contributed by atoms with Crippen LogP contribution in [0.4, 0.5) is 0 Å². The third-order valence-electron chi connectivity index (χ3n) is 12.2. The van der Waals surface area contributed by atoms with Crippen LogP contribution in [0.5, 0.6) is 11.5 Å². The molecule has 0 unspecified atom stereocenters. The van der Waals surface area contributed by atoms with E-state index in [1.54, 1.807) is 0 Å².